The van der Waals surface area contributed by atoms with Crippen LogP contribution in [0.3, 0.4) is 0 Å². The Bertz CT molecular complexity index is 179. The van der Waals surface area contributed by atoms with Crippen molar-refractivity contribution in [2.45, 2.75) is 12.8 Å². The van der Waals surface area contributed by atoms with E-state index in [0.29, 0.717) is 5.92 Å². The van der Waals surface area contributed by atoms with Crippen molar-refractivity contribution in [2.75, 3.05) is 13.1 Å². The Hall–Kier alpha value is -0.830. The van der Waals surface area contributed by atoms with Gasteiger partial charge in [0.2, 0.25) is 0 Å². The highest BCUT2D eigenvalue weighted by molar-refractivity contribution is 5.67. The van der Waals surface area contributed by atoms with E-state index in [4.69, 9.17) is 5.11 Å². The Kier molecular flexibility index (Phi) is 3.29. The van der Waals surface area contributed by atoms with Crippen LogP contribution in [-0.2, 0) is 4.79 Å². The molecule has 0 aliphatic carbocycles. The van der Waals surface area contributed by atoms with Crippen molar-refractivity contribution < 1.29 is 9.90 Å². The number of carboxylic acid groups (broad SMARTS) is 1. The Morgan fingerprint density at radius 3 is 3.08 bits per heavy atom. The fourth-order valence-electron chi connectivity index (χ4n) is 1.69. The molecule has 0 aromatic carbocycles. The lowest BCUT2D eigenvalue weighted by molar-refractivity contribution is -0.138. The average molecular weight is 169 g/mol. The lowest BCUT2D eigenvalue weighted by Crippen LogP contribution is -2.36. The largest absolute Gasteiger partial charge is 0.481 e. The van der Waals surface area contributed by atoms with Gasteiger partial charge in [-0.1, -0.05) is 6.08 Å². The van der Waals surface area contributed by atoms with Crippen LogP contribution < -0.4 is 5.32 Å². The van der Waals surface area contributed by atoms with Gasteiger partial charge >= 0.3 is 5.97 Å². The van der Waals surface area contributed by atoms with Crippen molar-refractivity contribution in [3.63, 3.8) is 0 Å². The molecule has 0 aromatic rings. The minimum absolute atomic E-state index is 0.276. The summed E-state index contributed by atoms with van der Waals surface area (Å²) in [4.78, 5) is 10.5. The van der Waals surface area contributed by atoms with Crippen molar-refractivity contribution in [3.05, 3.63) is 12.7 Å². The maximum absolute atomic E-state index is 10.5. The van der Waals surface area contributed by atoms with E-state index in [2.05, 4.69) is 11.9 Å². The highest BCUT2D eigenvalue weighted by Gasteiger charge is 2.24. The fourth-order valence-corrected chi connectivity index (χ4v) is 1.69. The van der Waals surface area contributed by atoms with Crippen molar-refractivity contribution in [1.29, 1.82) is 0 Å². The van der Waals surface area contributed by atoms with Crippen LogP contribution in [-0.4, -0.2) is 24.2 Å². The molecule has 0 aromatic heterocycles. The number of nitrogens with one attached hydrogen (secondary N) is 1. The zero-order valence-electron chi connectivity index (χ0n) is 7.12. The number of rotatable bonds is 3. The molecule has 0 amide bonds. The van der Waals surface area contributed by atoms with Gasteiger partial charge in [-0.15, -0.1) is 6.58 Å². The zero-order valence-corrected chi connectivity index (χ0v) is 7.12. The molecule has 1 heterocycles. The van der Waals surface area contributed by atoms with Crippen molar-refractivity contribution in [2.24, 2.45) is 11.8 Å². The Morgan fingerprint density at radius 2 is 2.50 bits per heavy atom. The SMILES string of the molecule is C=C[C@@H]1CNCC[C@H]1CC(=O)O. The minimum Gasteiger partial charge on any atom is -0.481 e. The molecule has 0 saturated carbocycles. The van der Waals surface area contributed by atoms with Crippen LogP contribution in [0.1, 0.15) is 12.8 Å². The quantitative estimate of drug-likeness (QED) is 0.616. The van der Waals surface area contributed by atoms with Crippen LogP contribution >= 0.6 is 0 Å². The van der Waals surface area contributed by atoms with Crippen LogP contribution in [0.2, 0.25) is 0 Å². The first-order chi connectivity index (χ1) is 5.74. The molecule has 0 bridgehead atoms. The minimum atomic E-state index is -0.700. The Balaban J connectivity index is 2.46. The second kappa shape index (κ2) is 4.26. The van der Waals surface area contributed by atoms with Crippen LogP contribution in [0.4, 0.5) is 0 Å². The molecule has 0 spiro atoms. The lowest BCUT2D eigenvalue weighted by atomic mass is 9.84. The molecular weight excluding hydrogens is 154 g/mol. The second-order valence-corrected chi connectivity index (χ2v) is 3.25. The average Bonchev–Trinajstić information content (AvgIpc) is 2.04. The van der Waals surface area contributed by atoms with Crippen molar-refractivity contribution in [3.8, 4) is 0 Å². The first-order valence-corrected chi connectivity index (χ1v) is 4.29. The molecule has 0 unspecified atom stereocenters. The van der Waals surface area contributed by atoms with Gasteiger partial charge in [-0.2, -0.15) is 0 Å². The first kappa shape index (κ1) is 9.26. The maximum Gasteiger partial charge on any atom is 0.303 e. The monoisotopic (exact) mass is 169 g/mol. The summed E-state index contributed by atoms with van der Waals surface area (Å²) in [6, 6.07) is 0. The summed E-state index contributed by atoms with van der Waals surface area (Å²) in [7, 11) is 0. The summed E-state index contributed by atoms with van der Waals surface area (Å²) >= 11 is 0. The zero-order chi connectivity index (χ0) is 8.97. The predicted molar refractivity (Wildman–Crippen MR) is 46.9 cm³/mol. The molecule has 1 aliphatic heterocycles. The molecule has 0 radical (unpaired) electrons. The molecule has 68 valence electrons. The molecule has 2 N–H and O–H groups in total. The van der Waals surface area contributed by atoms with Crippen molar-refractivity contribution in [1.82, 2.24) is 5.32 Å². The highest BCUT2D eigenvalue weighted by Crippen LogP contribution is 2.23. The van der Waals surface area contributed by atoms with Gasteiger partial charge in [0.15, 0.2) is 0 Å². The van der Waals surface area contributed by atoms with Crippen LogP contribution in [0.15, 0.2) is 12.7 Å². The molecule has 1 aliphatic rings. The number of aliphatic carboxylic acids is 1. The van der Waals surface area contributed by atoms with Gasteiger partial charge in [0.05, 0.1) is 0 Å². The third-order valence-corrected chi connectivity index (χ3v) is 2.42. The van der Waals surface area contributed by atoms with E-state index in [-0.39, 0.29) is 12.3 Å². The molecule has 2 atom stereocenters. The number of hydrogen-bond donors (Lipinski definition) is 2. The van der Waals surface area contributed by atoms with Gasteiger partial charge in [0.1, 0.15) is 0 Å². The van der Waals surface area contributed by atoms with E-state index in [1.165, 1.54) is 0 Å². The normalized spacial score (nSPS) is 29.7. The Morgan fingerprint density at radius 1 is 1.75 bits per heavy atom. The van der Waals surface area contributed by atoms with Gasteiger partial charge in [0.25, 0.3) is 0 Å². The van der Waals surface area contributed by atoms with E-state index >= 15 is 0 Å². The number of carboxylic acids is 1. The molecule has 3 nitrogen and oxygen atoms in total. The smallest absolute Gasteiger partial charge is 0.303 e. The van der Waals surface area contributed by atoms with Crippen LogP contribution in [0.5, 0.6) is 0 Å². The Labute approximate surface area is 72.5 Å². The molecule has 1 rings (SSSR count). The van der Waals surface area contributed by atoms with Gasteiger partial charge < -0.3 is 10.4 Å². The summed E-state index contributed by atoms with van der Waals surface area (Å²) in [6.07, 6.45) is 3.08. The van der Waals surface area contributed by atoms with E-state index in [0.717, 1.165) is 19.5 Å². The van der Waals surface area contributed by atoms with Crippen LogP contribution in [0, 0.1) is 11.8 Å². The van der Waals surface area contributed by atoms with E-state index in [9.17, 15) is 4.79 Å². The lowest BCUT2D eigenvalue weighted by Gasteiger charge is -2.28. The van der Waals surface area contributed by atoms with E-state index in [1.54, 1.807) is 0 Å². The van der Waals surface area contributed by atoms with Gasteiger partial charge in [-0.05, 0) is 24.8 Å². The summed E-state index contributed by atoms with van der Waals surface area (Å²) in [5, 5.41) is 11.8. The van der Waals surface area contributed by atoms with Gasteiger partial charge in [0, 0.05) is 13.0 Å². The second-order valence-electron chi connectivity index (χ2n) is 3.25. The summed E-state index contributed by atoms with van der Waals surface area (Å²) in [5.74, 6) is -0.0927. The van der Waals surface area contributed by atoms with E-state index in [1.807, 2.05) is 6.08 Å². The molecular formula is C9H15NO2. The van der Waals surface area contributed by atoms with Gasteiger partial charge in [-0.25, -0.2) is 0 Å². The summed E-state index contributed by atoms with van der Waals surface area (Å²) in [5.41, 5.74) is 0. The number of carbonyl (C=O) groups is 1. The maximum atomic E-state index is 10.5. The first-order valence-electron chi connectivity index (χ1n) is 4.29. The highest BCUT2D eigenvalue weighted by atomic mass is 16.4. The topological polar surface area (TPSA) is 49.3 Å². The molecule has 1 saturated heterocycles. The third-order valence-electron chi connectivity index (χ3n) is 2.42. The predicted octanol–water partition coefficient (Wildman–Crippen LogP) is 0.873. The summed E-state index contributed by atoms with van der Waals surface area (Å²) < 4.78 is 0. The van der Waals surface area contributed by atoms with E-state index < -0.39 is 5.97 Å². The molecule has 1 fully saturated rings. The van der Waals surface area contributed by atoms with Gasteiger partial charge in [-0.3, -0.25) is 4.79 Å². The summed E-state index contributed by atoms with van der Waals surface area (Å²) in [6.45, 7) is 5.52. The van der Waals surface area contributed by atoms with Crippen molar-refractivity contribution >= 4 is 5.97 Å². The standard InChI is InChI=1S/C9H15NO2/c1-2-7-6-10-4-3-8(7)5-9(11)12/h2,7-8,10H,1,3-6H2,(H,11,12)/t7-,8+/m1/s1. The third kappa shape index (κ3) is 2.34. The number of piperidine rings is 1. The number of hydrogen-bond acceptors (Lipinski definition) is 2. The molecule has 12 heavy (non-hydrogen) atoms. The fraction of sp³-hybridized carbons (Fsp3) is 0.667. The van der Waals surface area contributed by atoms with Crippen LogP contribution in [0.25, 0.3) is 0 Å². The molecule has 3 heteroatoms.